The molecule has 0 bridgehead atoms. The van der Waals surface area contributed by atoms with Gasteiger partial charge < -0.3 is 14.9 Å². The van der Waals surface area contributed by atoms with Crippen molar-refractivity contribution in [1.82, 2.24) is 0 Å². The zero-order valence-corrected chi connectivity index (χ0v) is 8.18. The van der Waals surface area contributed by atoms with Crippen LogP contribution in [0.3, 0.4) is 0 Å². The first-order chi connectivity index (χ1) is 6.29. The van der Waals surface area contributed by atoms with E-state index in [2.05, 4.69) is 0 Å². The van der Waals surface area contributed by atoms with Gasteiger partial charge in [-0.1, -0.05) is 12.2 Å². The lowest BCUT2D eigenvalue weighted by molar-refractivity contribution is 0.105. The van der Waals surface area contributed by atoms with Crippen molar-refractivity contribution in [3.8, 4) is 0 Å². The van der Waals surface area contributed by atoms with Gasteiger partial charge in [0.05, 0.1) is 11.3 Å². The molecule has 0 saturated heterocycles. The molecule has 1 aromatic heterocycles. The molecular weight excluding hydrogens is 186 g/mol. The van der Waals surface area contributed by atoms with E-state index in [-0.39, 0.29) is 0 Å². The van der Waals surface area contributed by atoms with E-state index >= 15 is 0 Å². The minimum Gasteiger partial charge on any atom is -0.467 e. The summed E-state index contributed by atoms with van der Waals surface area (Å²) in [4.78, 5) is 0.543. The predicted molar refractivity (Wildman–Crippen MR) is 54.4 cm³/mol. The normalized spacial score (nSPS) is 10.2. The molecule has 2 N–H and O–H groups in total. The van der Waals surface area contributed by atoms with Crippen molar-refractivity contribution in [2.75, 3.05) is 6.61 Å². The van der Waals surface area contributed by atoms with E-state index in [1.807, 2.05) is 12.1 Å². The Morgan fingerprint density at radius 2 is 2.46 bits per heavy atom. The minimum absolute atomic E-state index is 0.518. The van der Waals surface area contributed by atoms with Gasteiger partial charge in [0.1, 0.15) is 12.4 Å². The first-order valence-corrected chi connectivity index (χ1v) is 4.58. The van der Waals surface area contributed by atoms with E-state index in [1.165, 1.54) is 0 Å². The van der Waals surface area contributed by atoms with E-state index in [9.17, 15) is 0 Å². The molecule has 1 rings (SSSR count). The van der Waals surface area contributed by atoms with E-state index in [0.29, 0.717) is 18.2 Å². The average Bonchev–Trinajstić information content (AvgIpc) is 2.55. The molecule has 0 radical (unpaired) electrons. The van der Waals surface area contributed by atoms with Gasteiger partial charge in [-0.05, 0) is 25.0 Å². The van der Waals surface area contributed by atoms with Crippen LogP contribution in [0, 0.1) is 0 Å². The zero-order chi connectivity index (χ0) is 9.52. The standard InChI is InChI=1S/C9H13NO2S/c10-9(13)4-2-5-11-7-8-3-1-6-12-8/h1,3,6H,2,4-5,7H2,(H2,10,13). The van der Waals surface area contributed by atoms with Crippen LogP contribution in [0.2, 0.25) is 0 Å². The van der Waals surface area contributed by atoms with Gasteiger partial charge in [0.15, 0.2) is 0 Å². The average molecular weight is 199 g/mol. The van der Waals surface area contributed by atoms with Crippen molar-refractivity contribution in [2.45, 2.75) is 19.4 Å². The third kappa shape index (κ3) is 4.65. The molecule has 0 saturated carbocycles. The van der Waals surface area contributed by atoms with Crippen molar-refractivity contribution in [1.29, 1.82) is 0 Å². The van der Waals surface area contributed by atoms with Gasteiger partial charge in [-0.15, -0.1) is 0 Å². The van der Waals surface area contributed by atoms with E-state index in [4.69, 9.17) is 27.1 Å². The summed E-state index contributed by atoms with van der Waals surface area (Å²) in [7, 11) is 0. The fourth-order valence-corrected chi connectivity index (χ4v) is 1.06. The van der Waals surface area contributed by atoms with Gasteiger partial charge in [-0.25, -0.2) is 0 Å². The lowest BCUT2D eigenvalue weighted by atomic mass is 10.3. The number of thiocarbonyl (C=S) groups is 1. The van der Waals surface area contributed by atoms with E-state index < -0.39 is 0 Å². The van der Waals surface area contributed by atoms with Crippen LogP contribution in [0.1, 0.15) is 18.6 Å². The third-order valence-corrected chi connectivity index (χ3v) is 1.74. The molecule has 13 heavy (non-hydrogen) atoms. The van der Waals surface area contributed by atoms with Crippen LogP contribution >= 0.6 is 12.2 Å². The first-order valence-electron chi connectivity index (χ1n) is 4.17. The summed E-state index contributed by atoms with van der Waals surface area (Å²) in [5.74, 6) is 0.843. The molecule has 0 unspecified atom stereocenters. The number of nitrogens with two attached hydrogens (primary N) is 1. The van der Waals surface area contributed by atoms with Crippen molar-refractivity contribution in [3.63, 3.8) is 0 Å². The lowest BCUT2D eigenvalue weighted by Crippen LogP contribution is -2.08. The summed E-state index contributed by atoms with van der Waals surface area (Å²) in [6.45, 7) is 1.18. The third-order valence-electron chi connectivity index (χ3n) is 1.54. The summed E-state index contributed by atoms with van der Waals surface area (Å²) in [6, 6.07) is 3.72. The highest BCUT2D eigenvalue weighted by Gasteiger charge is 1.95. The number of furan rings is 1. The first kappa shape index (κ1) is 10.2. The molecule has 0 spiro atoms. The molecule has 1 heterocycles. The SMILES string of the molecule is NC(=S)CCCOCc1ccco1. The molecule has 0 aliphatic rings. The molecule has 72 valence electrons. The van der Waals surface area contributed by atoms with E-state index in [0.717, 1.165) is 18.6 Å². The van der Waals surface area contributed by atoms with Gasteiger partial charge in [0, 0.05) is 6.61 Å². The largest absolute Gasteiger partial charge is 0.467 e. The van der Waals surface area contributed by atoms with Crippen LogP contribution < -0.4 is 5.73 Å². The van der Waals surface area contributed by atoms with Gasteiger partial charge in [0.25, 0.3) is 0 Å². The maximum absolute atomic E-state index is 5.33. The molecule has 3 nitrogen and oxygen atoms in total. The van der Waals surface area contributed by atoms with Gasteiger partial charge in [-0.2, -0.15) is 0 Å². The Kier molecular flexibility index (Phi) is 4.49. The summed E-state index contributed by atoms with van der Waals surface area (Å²) < 4.78 is 10.4. The second kappa shape index (κ2) is 5.72. The molecule has 0 fully saturated rings. The fourth-order valence-electron chi connectivity index (χ4n) is 0.916. The van der Waals surface area contributed by atoms with Crippen LogP contribution in [-0.2, 0) is 11.3 Å². The van der Waals surface area contributed by atoms with Crippen molar-refractivity contribution in [3.05, 3.63) is 24.2 Å². The highest BCUT2D eigenvalue weighted by molar-refractivity contribution is 7.80. The molecule has 1 aromatic rings. The second-order valence-electron chi connectivity index (χ2n) is 2.70. The van der Waals surface area contributed by atoms with Gasteiger partial charge in [0.2, 0.25) is 0 Å². The highest BCUT2D eigenvalue weighted by Crippen LogP contribution is 2.02. The summed E-state index contributed by atoms with van der Waals surface area (Å²) >= 11 is 4.73. The Bertz CT molecular complexity index is 246. The number of hydrogen-bond donors (Lipinski definition) is 1. The van der Waals surface area contributed by atoms with Crippen molar-refractivity contribution >= 4 is 17.2 Å². The van der Waals surface area contributed by atoms with Crippen molar-refractivity contribution < 1.29 is 9.15 Å². The maximum atomic E-state index is 5.33. The predicted octanol–water partition coefficient (Wildman–Crippen LogP) is 1.86. The molecule has 0 aliphatic heterocycles. The monoisotopic (exact) mass is 199 g/mol. The summed E-state index contributed by atoms with van der Waals surface area (Å²) in [5.41, 5.74) is 5.33. The van der Waals surface area contributed by atoms with Crippen LogP contribution in [0.25, 0.3) is 0 Å². The van der Waals surface area contributed by atoms with Crippen LogP contribution in [0.5, 0.6) is 0 Å². The minimum atomic E-state index is 0.518. The smallest absolute Gasteiger partial charge is 0.129 e. The Morgan fingerprint density at radius 1 is 1.62 bits per heavy atom. The van der Waals surface area contributed by atoms with Crippen LogP contribution in [0.4, 0.5) is 0 Å². The number of ether oxygens (including phenoxy) is 1. The highest BCUT2D eigenvalue weighted by atomic mass is 32.1. The molecular formula is C9H13NO2S. The number of hydrogen-bond acceptors (Lipinski definition) is 3. The molecule has 0 amide bonds. The number of rotatable bonds is 6. The molecule has 0 aliphatic carbocycles. The molecule has 0 atom stereocenters. The topological polar surface area (TPSA) is 48.4 Å². The summed E-state index contributed by atoms with van der Waals surface area (Å²) in [5, 5.41) is 0. The van der Waals surface area contributed by atoms with E-state index in [1.54, 1.807) is 6.26 Å². The Hall–Kier alpha value is -0.870. The van der Waals surface area contributed by atoms with Gasteiger partial charge >= 0.3 is 0 Å². The van der Waals surface area contributed by atoms with Crippen molar-refractivity contribution in [2.24, 2.45) is 5.73 Å². The molecule has 4 heteroatoms. The zero-order valence-electron chi connectivity index (χ0n) is 7.36. The van der Waals surface area contributed by atoms with Crippen LogP contribution in [-0.4, -0.2) is 11.6 Å². The summed E-state index contributed by atoms with van der Waals surface area (Å²) in [6.07, 6.45) is 3.25. The van der Waals surface area contributed by atoms with Crippen LogP contribution in [0.15, 0.2) is 22.8 Å². The quantitative estimate of drug-likeness (QED) is 0.561. The molecule has 0 aromatic carbocycles. The Labute approximate surface area is 82.9 Å². The Balaban J connectivity index is 1.99. The lowest BCUT2D eigenvalue weighted by Gasteiger charge is -2.00. The Morgan fingerprint density at radius 3 is 3.08 bits per heavy atom. The van der Waals surface area contributed by atoms with Gasteiger partial charge in [-0.3, -0.25) is 0 Å². The fraction of sp³-hybridized carbons (Fsp3) is 0.444. The second-order valence-corrected chi connectivity index (χ2v) is 3.23. The maximum Gasteiger partial charge on any atom is 0.129 e.